The minimum Gasteiger partial charge on any atom is -0.343 e. The van der Waals surface area contributed by atoms with E-state index in [4.69, 9.17) is 0 Å². The van der Waals surface area contributed by atoms with Crippen molar-refractivity contribution in [1.29, 1.82) is 0 Å². The molecule has 2 aromatic rings. The predicted octanol–water partition coefficient (Wildman–Crippen LogP) is 4.43. The van der Waals surface area contributed by atoms with Crippen LogP contribution < -0.4 is 5.32 Å². The molecule has 0 aliphatic heterocycles. The first kappa shape index (κ1) is 15.1. The molecule has 1 aromatic carbocycles. The van der Waals surface area contributed by atoms with Crippen molar-refractivity contribution >= 4 is 10.9 Å². The topological polar surface area (TPSA) is 17.0 Å². The molecule has 1 aromatic heterocycles. The molecule has 20 heavy (non-hydrogen) atoms. The van der Waals surface area contributed by atoms with Gasteiger partial charge in [0.2, 0.25) is 0 Å². The van der Waals surface area contributed by atoms with E-state index in [-0.39, 0.29) is 0 Å². The molecule has 0 saturated carbocycles. The molecule has 1 heterocycles. The molecule has 1 N–H and O–H groups in total. The van der Waals surface area contributed by atoms with Crippen molar-refractivity contribution in [1.82, 2.24) is 9.88 Å². The zero-order chi connectivity index (χ0) is 14.5. The lowest BCUT2D eigenvalue weighted by atomic mass is 10.1. The van der Waals surface area contributed by atoms with Gasteiger partial charge in [-0.15, -0.1) is 0 Å². The van der Waals surface area contributed by atoms with Gasteiger partial charge in [0.15, 0.2) is 0 Å². The Hall–Kier alpha value is -1.28. The third-order valence-corrected chi connectivity index (χ3v) is 3.69. The Bertz CT molecular complexity index is 537. The second kappa shape index (κ2) is 6.94. The standard InChI is InChI=1S/C18H28N2/c1-14(2)9-10-20-17(13-19-12-15(3)4)11-16-7-5-6-8-18(16)20/h5-8,11,14-15,19H,9-10,12-13H2,1-4H3. The molecule has 2 rings (SSSR count). The number of rotatable bonds is 7. The highest BCUT2D eigenvalue weighted by molar-refractivity contribution is 5.81. The van der Waals surface area contributed by atoms with Gasteiger partial charge in [0.25, 0.3) is 0 Å². The fraction of sp³-hybridized carbons (Fsp3) is 0.556. The first-order chi connectivity index (χ1) is 9.58. The molecule has 0 bridgehead atoms. The van der Waals surface area contributed by atoms with Gasteiger partial charge >= 0.3 is 0 Å². The monoisotopic (exact) mass is 272 g/mol. The zero-order valence-corrected chi connectivity index (χ0v) is 13.3. The normalized spacial score (nSPS) is 11.9. The number of aryl methyl sites for hydroxylation is 1. The maximum absolute atomic E-state index is 3.57. The van der Waals surface area contributed by atoms with Gasteiger partial charge in [-0.05, 0) is 42.3 Å². The van der Waals surface area contributed by atoms with Crippen molar-refractivity contribution in [3.05, 3.63) is 36.0 Å². The number of fused-ring (bicyclic) bond motifs is 1. The number of nitrogens with zero attached hydrogens (tertiary/aromatic N) is 1. The van der Waals surface area contributed by atoms with Gasteiger partial charge in [0.1, 0.15) is 0 Å². The Labute approximate surface area is 123 Å². The number of nitrogens with one attached hydrogen (secondary N) is 1. The van der Waals surface area contributed by atoms with Crippen molar-refractivity contribution < 1.29 is 0 Å². The molecule has 2 nitrogen and oxygen atoms in total. The first-order valence-electron chi connectivity index (χ1n) is 7.85. The highest BCUT2D eigenvalue weighted by atomic mass is 15.0. The molecule has 110 valence electrons. The summed E-state index contributed by atoms with van der Waals surface area (Å²) in [4.78, 5) is 0. The third-order valence-electron chi connectivity index (χ3n) is 3.69. The van der Waals surface area contributed by atoms with Crippen LogP contribution in [-0.4, -0.2) is 11.1 Å². The summed E-state index contributed by atoms with van der Waals surface area (Å²) in [5.41, 5.74) is 2.78. The molecule has 0 saturated heterocycles. The summed E-state index contributed by atoms with van der Waals surface area (Å²) in [5.74, 6) is 1.44. The molecule has 0 fully saturated rings. The van der Waals surface area contributed by atoms with Gasteiger partial charge in [0, 0.05) is 24.3 Å². The second-order valence-corrected chi connectivity index (χ2v) is 6.55. The molecular weight excluding hydrogens is 244 g/mol. The van der Waals surface area contributed by atoms with Gasteiger partial charge in [-0.1, -0.05) is 45.9 Å². The lowest BCUT2D eigenvalue weighted by molar-refractivity contribution is 0.498. The van der Waals surface area contributed by atoms with E-state index in [1.54, 1.807) is 0 Å². The summed E-state index contributed by atoms with van der Waals surface area (Å²) in [6.45, 7) is 12.2. The average molecular weight is 272 g/mol. The highest BCUT2D eigenvalue weighted by Gasteiger charge is 2.08. The second-order valence-electron chi connectivity index (χ2n) is 6.55. The van der Waals surface area contributed by atoms with Crippen LogP contribution in [0, 0.1) is 11.8 Å². The molecule has 0 unspecified atom stereocenters. The Balaban J connectivity index is 2.19. The smallest absolute Gasteiger partial charge is 0.0482 e. The maximum Gasteiger partial charge on any atom is 0.0482 e. The van der Waals surface area contributed by atoms with E-state index in [1.165, 1.54) is 23.0 Å². The summed E-state index contributed by atoms with van der Waals surface area (Å²) in [6, 6.07) is 11.1. The number of para-hydroxylation sites is 1. The first-order valence-corrected chi connectivity index (χ1v) is 7.85. The number of benzene rings is 1. The van der Waals surface area contributed by atoms with Crippen molar-refractivity contribution in [3.8, 4) is 0 Å². The average Bonchev–Trinajstić information content (AvgIpc) is 2.73. The molecule has 0 atom stereocenters. The zero-order valence-electron chi connectivity index (χ0n) is 13.3. The maximum atomic E-state index is 3.57. The predicted molar refractivity (Wildman–Crippen MR) is 87.9 cm³/mol. The Kier molecular flexibility index (Phi) is 5.24. The fourth-order valence-electron chi connectivity index (χ4n) is 2.55. The van der Waals surface area contributed by atoms with Gasteiger partial charge in [0.05, 0.1) is 0 Å². The summed E-state index contributed by atoms with van der Waals surface area (Å²) in [7, 11) is 0. The number of hydrogen-bond acceptors (Lipinski definition) is 1. The van der Waals surface area contributed by atoms with Crippen LogP contribution in [0.15, 0.2) is 30.3 Å². The van der Waals surface area contributed by atoms with E-state index >= 15 is 0 Å². The molecule has 2 heteroatoms. The SMILES string of the molecule is CC(C)CCn1c(CNCC(C)C)cc2ccccc21. The van der Waals surface area contributed by atoms with Crippen LogP contribution in [0.25, 0.3) is 10.9 Å². The molecular formula is C18H28N2. The van der Waals surface area contributed by atoms with Crippen molar-refractivity contribution in [2.24, 2.45) is 11.8 Å². The Morgan fingerprint density at radius 1 is 1.05 bits per heavy atom. The van der Waals surface area contributed by atoms with Crippen LogP contribution in [0.1, 0.15) is 39.8 Å². The minimum absolute atomic E-state index is 0.698. The van der Waals surface area contributed by atoms with Crippen LogP contribution >= 0.6 is 0 Å². The van der Waals surface area contributed by atoms with Crippen LogP contribution in [-0.2, 0) is 13.1 Å². The summed E-state index contributed by atoms with van der Waals surface area (Å²) < 4.78 is 2.49. The number of hydrogen-bond donors (Lipinski definition) is 1. The summed E-state index contributed by atoms with van der Waals surface area (Å²) in [6.07, 6.45) is 1.23. The Morgan fingerprint density at radius 3 is 2.50 bits per heavy atom. The molecule has 0 amide bonds. The van der Waals surface area contributed by atoms with E-state index in [1.807, 2.05) is 0 Å². The number of aromatic nitrogens is 1. The van der Waals surface area contributed by atoms with Crippen LogP contribution in [0.2, 0.25) is 0 Å². The fourth-order valence-corrected chi connectivity index (χ4v) is 2.55. The van der Waals surface area contributed by atoms with E-state index in [9.17, 15) is 0 Å². The van der Waals surface area contributed by atoms with Gasteiger partial charge in [-0.2, -0.15) is 0 Å². The molecule has 0 spiro atoms. The lowest BCUT2D eigenvalue weighted by Gasteiger charge is -2.14. The van der Waals surface area contributed by atoms with E-state index in [2.05, 4.69) is 67.9 Å². The van der Waals surface area contributed by atoms with Crippen molar-refractivity contribution in [2.75, 3.05) is 6.54 Å². The Morgan fingerprint density at radius 2 is 1.80 bits per heavy atom. The summed E-state index contributed by atoms with van der Waals surface area (Å²) >= 11 is 0. The van der Waals surface area contributed by atoms with Crippen molar-refractivity contribution in [3.63, 3.8) is 0 Å². The quantitative estimate of drug-likeness (QED) is 0.789. The van der Waals surface area contributed by atoms with E-state index in [0.717, 1.165) is 25.6 Å². The largest absolute Gasteiger partial charge is 0.343 e. The molecule has 0 aliphatic carbocycles. The van der Waals surface area contributed by atoms with Gasteiger partial charge in [-0.3, -0.25) is 0 Å². The van der Waals surface area contributed by atoms with E-state index in [0.29, 0.717) is 5.92 Å². The third kappa shape index (κ3) is 3.86. The van der Waals surface area contributed by atoms with Gasteiger partial charge < -0.3 is 9.88 Å². The summed E-state index contributed by atoms with van der Waals surface area (Å²) in [5, 5.41) is 4.93. The van der Waals surface area contributed by atoms with Crippen LogP contribution in [0.5, 0.6) is 0 Å². The molecule has 0 radical (unpaired) electrons. The highest BCUT2D eigenvalue weighted by Crippen LogP contribution is 2.21. The van der Waals surface area contributed by atoms with Crippen LogP contribution in [0.4, 0.5) is 0 Å². The van der Waals surface area contributed by atoms with E-state index < -0.39 is 0 Å². The minimum atomic E-state index is 0.698. The molecule has 0 aliphatic rings. The lowest BCUT2D eigenvalue weighted by Crippen LogP contribution is -2.21. The van der Waals surface area contributed by atoms with Gasteiger partial charge in [-0.25, -0.2) is 0 Å². The van der Waals surface area contributed by atoms with Crippen LogP contribution in [0.3, 0.4) is 0 Å². The van der Waals surface area contributed by atoms with Crippen molar-refractivity contribution in [2.45, 2.75) is 47.2 Å².